The molecule has 0 spiro atoms. The molecular weight excluding hydrogens is 546 g/mol. The Kier molecular flexibility index (Phi) is 7.70. The van der Waals surface area contributed by atoms with Crippen LogP contribution in [0.5, 0.6) is 5.75 Å². The third-order valence-electron chi connectivity index (χ3n) is 9.93. The van der Waals surface area contributed by atoms with Crippen LogP contribution in [0.4, 0.5) is 16.2 Å². The number of nitrogens with zero attached hydrogens (tertiary/aromatic N) is 2. The molecule has 1 N–H and O–H groups in total. The molecule has 1 saturated heterocycles. The first-order valence-electron chi connectivity index (χ1n) is 15.7. The zero-order chi connectivity index (χ0) is 29.9. The van der Waals surface area contributed by atoms with Gasteiger partial charge in [0, 0.05) is 18.0 Å². The van der Waals surface area contributed by atoms with Crippen LogP contribution in [0.25, 0.3) is 0 Å². The van der Waals surface area contributed by atoms with Crippen LogP contribution in [0, 0.1) is 17.2 Å². The minimum absolute atomic E-state index is 0.0145. The molecule has 0 unspecified atom stereocenters. The average molecular weight is 584 g/mol. The lowest BCUT2D eigenvalue weighted by Crippen LogP contribution is -2.62. The van der Waals surface area contributed by atoms with Gasteiger partial charge in [-0.2, -0.15) is 5.26 Å². The number of para-hydroxylation sites is 1. The Labute approximate surface area is 259 Å². The van der Waals surface area contributed by atoms with E-state index in [-0.39, 0.29) is 24.2 Å². The summed E-state index contributed by atoms with van der Waals surface area (Å²) in [5.74, 6) is 1.18. The molecule has 6 heteroatoms. The molecule has 222 valence electrons. The van der Waals surface area contributed by atoms with Crippen molar-refractivity contribution in [3.05, 3.63) is 125 Å². The fourth-order valence-electron chi connectivity index (χ4n) is 7.86. The van der Waals surface area contributed by atoms with Gasteiger partial charge < -0.3 is 19.7 Å². The molecule has 2 fully saturated rings. The molecule has 1 saturated carbocycles. The number of fused-ring (bicyclic) bond motifs is 1. The van der Waals surface area contributed by atoms with Gasteiger partial charge in [-0.05, 0) is 78.1 Å². The van der Waals surface area contributed by atoms with Crippen LogP contribution in [0.2, 0.25) is 0 Å². The predicted molar refractivity (Wildman–Crippen MR) is 171 cm³/mol. The number of hydrogen-bond acceptors (Lipinski definition) is 5. The van der Waals surface area contributed by atoms with E-state index in [0.29, 0.717) is 24.6 Å². The van der Waals surface area contributed by atoms with Gasteiger partial charge in [0.1, 0.15) is 25.0 Å². The van der Waals surface area contributed by atoms with Crippen molar-refractivity contribution < 1.29 is 14.3 Å². The highest BCUT2D eigenvalue weighted by Gasteiger charge is 2.55. The van der Waals surface area contributed by atoms with Gasteiger partial charge in [-0.25, -0.2) is 4.79 Å². The molecule has 1 amide bonds. The SMILES string of the molecule is N#Cc1ccccc1Nc1cc2c(cc1OCc1ccccc1)[C@@]13CCCC[C@H]1[C@@H](C2)N(C(=O)OCc1ccccc1)CC3. The zero-order valence-corrected chi connectivity index (χ0v) is 24.9. The summed E-state index contributed by atoms with van der Waals surface area (Å²) in [5, 5.41) is 13.3. The highest BCUT2D eigenvalue weighted by molar-refractivity contribution is 5.73. The Morgan fingerprint density at radius 3 is 2.39 bits per heavy atom. The summed E-state index contributed by atoms with van der Waals surface area (Å²) in [4.78, 5) is 15.6. The third-order valence-corrected chi connectivity index (χ3v) is 9.93. The van der Waals surface area contributed by atoms with Crippen LogP contribution in [-0.2, 0) is 29.8 Å². The molecule has 0 radical (unpaired) electrons. The summed E-state index contributed by atoms with van der Waals surface area (Å²) in [6.07, 6.45) is 6.09. The normalized spacial score (nSPS) is 21.8. The Balaban J connectivity index is 1.24. The number of hydrogen-bond donors (Lipinski definition) is 1. The van der Waals surface area contributed by atoms with Crippen LogP contribution in [-0.4, -0.2) is 23.6 Å². The fraction of sp³-hybridized carbons (Fsp3) is 0.316. The van der Waals surface area contributed by atoms with E-state index in [0.717, 1.165) is 53.9 Å². The lowest BCUT2D eigenvalue weighted by Gasteiger charge is -2.58. The van der Waals surface area contributed by atoms with Gasteiger partial charge >= 0.3 is 6.09 Å². The second-order valence-corrected chi connectivity index (χ2v) is 12.3. The Bertz CT molecular complexity index is 1680. The number of carbonyl (C=O) groups is 1. The van der Waals surface area contributed by atoms with Crippen molar-refractivity contribution in [2.75, 3.05) is 11.9 Å². The van der Waals surface area contributed by atoms with Crippen LogP contribution in [0.3, 0.4) is 0 Å². The molecule has 2 bridgehead atoms. The molecule has 44 heavy (non-hydrogen) atoms. The van der Waals surface area contributed by atoms with Crippen LogP contribution in [0.1, 0.15) is 59.9 Å². The van der Waals surface area contributed by atoms with Crippen molar-refractivity contribution in [3.8, 4) is 11.8 Å². The van der Waals surface area contributed by atoms with Gasteiger partial charge in [-0.1, -0.05) is 85.6 Å². The van der Waals surface area contributed by atoms with Crippen LogP contribution < -0.4 is 10.1 Å². The fourth-order valence-corrected chi connectivity index (χ4v) is 7.86. The maximum Gasteiger partial charge on any atom is 0.410 e. The van der Waals surface area contributed by atoms with Crippen molar-refractivity contribution >= 4 is 17.5 Å². The highest BCUT2D eigenvalue weighted by atomic mass is 16.6. The number of nitrogens with one attached hydrogen (secondary N) is 1. The molecule has 1 heterocycles. The smallest absolute Gasteiger partial charge is 0.410 e. The molecule has 4 aromatic rings. The van der Waals surface area contributed by atoms with E-state index in [2.05, 4.69) is 35.7 Å². The van der Waals surface area contributed by atoms with Crippen molar-refractivity contribution in [2.24, 2.45) is 5.92 Å². The molecule has 7 rings (SSSR count). The molecule has 3 aliphatic rings. The molecular formula is C38H37N3O3. The number of piperidine rings is 1. The number of rotatable bonds is 7. The molecule has 4 aromatic carbocycles. The minimum Gasteiger partial charge on any atom is -0.487 e. The average Bonchev–Trinajstić information content (AvgIpc) is 3.07. The maximum atomic E-state index is 13.5. The summed E-state index contributed by atoms with van der Waals surface area (Å²) in [6, 6.07) is 34.5. The van der Waals surface area contributed by atoms with E-state index in [1.165, 1.54) is 24.0 Å². The first-order valence-corrected chi connectivity index (χ1v) is 15.7. The van der Waals surface area contributed by atoms with Crippen molar-refractivity contribution in [2.45, 2.75) is 63.2 Å². The van der Waals surface area contributed by atoms with Crippen molar-refractivity contribution in [3.63, 3.8) is 0 Å². The van der Waals surface area contributed by atoms with Crippen molar-refractivity contribution in [1.82, 2.24) is 4.90 Å². The molecule has 0 aromatic heterocycles. The quantitative estimate of drug-likeness (QED) is 0.237. The summed E-state index contributed by atoms with van der Waals surface area (Å²) >= 11 is 0. The summed E-state index contributed by atoms with van der Waals surface area (Å²) in [7, 11) is 0. The van der Waals surface area contributed by atoms with Gasteiger partial charge in [-0.3, -0.25) is 0 Å². The second kappa shape index (κ2) is 12.1. The largest absolute Gasteiger partial charge is 0.487 e. The van der Waals surface area contributed by atoms with Gasteiger partial charge in [0.25, 0.3) is 0 Å². The van der Waals surface area contributed by atoms with Gasteiger partial charge in [0.05, 0.1) is 16.9 Å². The number of ether oxygens (including phenoxy) is 2. The van der Waals surface area contributed by atoms with E-state index >= 15 is 0 Å². The number of amides is 1. The van der Waals surface area contributed by atoms with Gasteiger partial charge in [0.2, 0.25) is 0 Å². The third kappa shape index (κ3) is 5.28. The molecule has 3 atom stereocenters. The van der Waals surface area contributed by atoms with Gasteiger partial charge in [-0.15, -0.1) is 0 Å². The van der Waals surface area contributed by atoms with Crippen LogP contribution in [0.15, 0.2) is 97.1 Å². The molecule has 6 nitrogen and oxygen atoms in total. The summed E-state index contributed by atoms with van der Waals surface area (Å²) in [6.45, 7) is 1.43. The topological polar surface area (TPSA) is 74.6 Å². The predicted octanol–water partition coefficient (Wildman–Crippen LogP) is 8.28. The standard InChI is InChI=1S/C38H37N3O3/c39-24-29-15-7-8-17-33(29)40-34-21-30-22-35-31-16-9-10-18-38(31,32(30)23-36(34)43-25-27-11-3-1-4-12-27)19-20-41(35)37(42)44-26-28-13-5-2-6-14-28/h1-8,11-15,17,21,23,31,35,40H,9-10,16,18-20,22,25-26H2/t31-,35+,38+/m0/s1. The monoisotopic (exact) mass is 583 g/mol. The van der Waals surface area contributed by atoms with E-state index in [1.54, 1.807) is 0 Å². The van der Waals surface area contributed by atoms with E-state index in [4.69, 9.17) is 9.47 Å². The van der Waals surface area contributed by atoms with Gasteiger partial charge in [0.15, 0.2) is 0 Å². The first kappa shape index (κ1) is 28.0. The van der Waals surface area contributed by atoms with Crippen molar-refractivity contribution in [1.29, 1.82) is 5.26 Å². The second-order valence-electron chi connectivity index (χ2n) is 12.3. The Morgan fingerprint density at radius 1 is 0.886 bits per heavy atom. The Morgan fingerprint density at radius 2 is 1.61 bits per heavy atom. The zero-order valence-electron chi connectivity index (χ0n) is 24.9. The van der Waals surface area contributed by atoms with E-state index < -0.39 is 0 Å². The number of benzene rings is 4. The number of anilines is 2. The van der Waals surface area contributed by atoms with E-state index in [1.807, 2.05) is 77.7 Å². The summed E-state index contributed by atoms with van der Waals surface area (Å²) < 4.78 is 12.4. The number of carbonyl (C=O) groups excluding carboxylic acids is 1. The molecule has 1 aliphatic heterocycles. The highest BCUT2D eigenvalue weighted by Crippen LogP contribution is 2.57. The van der Waals surface area contributed by atoms with E-state index in [9.17, 15) is 10.1 Å². The lowest BCUT2D eigenvalue weighted by molar-refractivity contribution is -0.0137. The minimum atomic E-state index is -0.217. The van der Waals surface area contributed by atoms with Crippen LogP contribution >= 0.6 is 0 Å². The number of likely N-dealkylation sites (tertiary alicyclic amines) is 1. The lowest BCUT2D eigenvalue weighted by atomic mass is 9.52. The Hall–Kier alpha value is -4.76. The molecule has 2 aliphatic carbocycles. The number of nitriles is 1. The first-order chi connectivity index (χ1) is 21.6. The summed E-state index contributed by atoms with van der Waals surface area (Å²) in [5.41, 5.74) is 6.89. The maximum absolute atomic E-state index is 13.5.